The van der Waals surface area contributed by atoms with Crippen molar-refractivity contribution in [2.45, 2.75) is 6.18 Å². The molecule has 1 aromatic rings. The zero-order valence-electron chi connectivity index (χ0n) is 7.64. The predicted molar refractivity (Wildman–Crippen MR) is 49.5 cm³/mol. The summed E-state index contributed by atoms with van der Waals surface area (Å²) in [6, 6.07) is 5.59. The molecule has 6 heteroatoms. The molecule has 82 valence electrons. The number of rotatable bonds is 3. The van der Waals surface area contributed by atoms with Gasteiger partial charge < -0.3 is 11.1 Å². The number of halogens is 3. The van der Waals surface area contributed by atoms with Crippen LogP contribution in [0.4, 0.5) is 18.9 Å². The van der Waals surface area contributed by atoms with Crippen LogP contribution in [0, 0.1) is 0 Å². The lowest BCUT2D eigenvalue weighted by molar-refractivity contribution is -0.115. The van der Waals surface area contributed by atoms with E-state index in [1.54, 1.807) is 0 Å². The Labute approximate surface area is 84.1 Å². The molecule has 0 spiro atoms. The van der Waals surface area contributed by atoms with Crippen molar-refractivity contribution in [3.05, 3.63) is 29.8 Å². The molecule has 15 heavy (non-hydrogen) atoms. The summed E-state index contributed by atoms with van der Waals surface area (Å²) >= 11 is 0. The number of benzene rings is 1. The van der Waals surface area contributed by atoms with E-state index in [2.05, 4.69) is 5.32 Å². The van der Waals surface area contributed by atoms with Crippen molar-refractivity contribution < 1.29 is 18.0 Å². The first-order valence-corrected chi connectivity index (χ1v) is 4.09. The monoisotopic (exact) mass is 218 g/mol. The Bertz CT molecular complexity index is 363. The van der Waals surface area contributed by atoms with E-state index in [0.29, 0.717) is 0 Å². The molecule has 3 N–H and O–H groups in total. The zero-order valence-corrected chi connectivity index (χ0v) is 7.64. The van der Waals surface area contributed by atoms with Gasteiger partial charge in [-0.3, -0.25) is 4.79 Å². The molecule has 0 fully saturated rings. The normalized spacial score (nSPS) is 11.1. The third-order valence-corrected chi connectivity index (χ3v) is 1.64. The number of carbonyl (C=O) groups is 1. The van der Waals surface area contributed by atoms with Crippen molar-refractivity contribution in [3.8, 4) is 0 Å². The fraction of sp³-hybridized carbons (Fsp3) is 0.222. The number of primary amides is 1. The van der Waals surface area contributed by atoms with Gasteiger partial charge >= 0.3 is 6.18 Å². The van der Waals surface area contributed by atoms with Crippen molar-refractivity contribution in [3.63, 3.8) is 0 Å². The van der Waals surface area contributed by atoms with Gasteiger partial charge in [-0.15, -0.1) is 0 Å². The van der Waals surface area contributed by atoms with Gasteiger partial charge in [0.15, 0.2) is 0 Å². The summed E-state index contributed by atoms with van der Waals surface area (Å²) in [6.45, 7) is -1.14. The summed E-state index contributed by atoms with van der Waals surface area (Å²) in [6.07, 6.45) is -4.29. The van der Waals surface area contributed by atoms with E-state index in [-0.39, 0.29) is 11.3 Å². The van der Waals surface area contributed by atoms with Gasteiger partial charge in [-0.05, 0) is 18.2 Å². The van der Waals surface area contributed by atoms with Crippen molar-refractivity contribution in [1.29, 1.82) is 0 Å². The van der Waals surface area contributed by atoms with Crippen LogP contribution in [0.25, 0.3) is 0 Å². The highest BCUT2D eigenvalue weighted by atomic mass is 19.4. The van der Waals surface area contributed by atoms with E-state index in [1.807, 2.05) is 0 Å². The highest BCUT2D eigenvalue weighted by Gasteiger charge is 2.26. The van der Waals surface area contributed by atoms with Gasteiger partial charge in [0.1, 0.15) is 6.54 Å². The Morgan fingerprint density at radius 1 is 1.40 bits per heavy atom. The molecule has 0 unspecified atom stereocenters. The first-order chi connectivity index (χ1) is 6.88. The van der Waals surface area contributed by atoms with E-state index < -0.39 is 18.6 Å². The van der Waals surface area contributed by atoms with Crippen LogP contribution < -0.4 is 11.1 Å². The van der Waals surface area contributed by atoms with Gasteiger partial charge in [0.2, 0.25) is 5.91 Å². The van der Waals surface area contributed by atoms with Crippen LogP contribution >= 0.6 is 0 Å². The van der Waals surface area contributed by atoms with E-state index in [1.165, 1.54) is 24.3 Å². The Morgan fingerprint density at radius 2 is 2.07 bits per heavy atom. The number of nitrogens with one attached hydrogen (secondary N) is 1. The molecule has 0 saturated carbocycles. The van der Waals surface area contributed by atoms with E-state index >= 15 is 0 Å². The Balaban J connectivity index is 2.70. The summed E-state index contributed by atoms with van der Waals surface area (Å²) in [5.74, 6) is -0.675. The molecule has 0 aromatic heterocycles. The van der Waals surface area contributed by atoms with Crippen LogP contribution in [-0.2, 0) is 0 Å². The average molecular weight is 218 g/mol. The van der Waals surface area contributed by atoms with Crippen molar-refractivity contribution in [1.82, 2.24) is 0 Å². The maximum Gasteiger partial charge on any atom is 0.405 e. The van der Waals surface area contributed by atoms with Crippen LogP contribution in [0.5, 0.6) is 0 Å². The molecule has 0 aliphatic rings. The summed E-state index contributed by atoms with van der Waals surface area (Å²) in [5.41, 5.74) is 5.36. The molecule has 0 aliphatic carbocycles. The minimum atomic E-state index is -4.29. The molecule has 3 nitrogen and oxygen atoms in total. The minimum Gasteiger partial charge on any atom is -0.376 e. The van der Waals surface area contributed by atoms with Gasteiger partial charge in [0, 0.05) is 11.3 Å². The summed E-state index contributed by atoms with van der Waals surface area (Å²) in [4.78, 5) is 10.7. The average Bonchev–Trinajstić information content (AvgIpc) is 2.14. The molecule has 1 aromatic carbocycles. The maximum absolute atomic E-state index is 11.8. The maximum atomic E-state index is 11.8. The second-order valence-electron chi connectivity index (χ2n) is 2.91. The number of hydrogen-bond donors (Lipinski definition) is 2. The quantitative estimate of drug-likeness (QED) is 0.812. The molecule has 0 atom stereocenters. The summed E-state index contributed by atoms with van der Waals surface area (Å²) in [7, 11) is 0. The van der Waals surface area contributed by atoms with Gasteiger partial charge in [-0.1, -0.05) is 6.07 Å². The van der Waals surface area contributed by atoms with Crippen LogP contribution in [-0.4, -0.2) is 18.6 Å². The van der Waals surface area contributed by atoms with Crippen LogP contribution in [0.1, 0.15) is 10.4 Å². The van der Waals surface area contributed by atoms with Crippen molar-refractivity contribution in [2.75, 3.05) is 11.9 Å². The Morgan fingerprint density at radius 3 is 2.60 bits per heavy atom. The summed E-state index contributed by atoms with van der Waals surface area (Å²) < 4.78 is 35.5. The SMILES string of the molecule is NC(=O)c1cccc(NCC(F)(F)F)c1. The number of amides is 1. The lowest BCUT2D eigenvalue weighted by Crippen LogP contribution is -2.21. The first-order valence-electron chi connectivity index (χ1n) is 4.09. The molecule has 1 amide bonds. The van der Waals surface area contributed by atoms with Crippen LogP contribution in [0.3, 0.4) is 0 Å². The Kier molecular flexibility index (Phi) is 3.18. The standard InChI is InChI=1S/C9H9F3N2O/c10-9(11,12)5-14-7-3-1-2-6(4-7)8(13)15/h1-4,14H,5H2,(H2,13,15). The second kappa shape index (κ2) is 4.20. The molecule has 0 bridgehead atoms. The minimum absolute atomic E-state index is 0.169. The van der Waals surface area contributed by atoms with Crippen LogP contribution in [0.2, 0.25) is 0 Å². The predicted octanol–water partition coefficient (Wildman–Crippen LogP) is 1.76. The zero-order chi connectivity index (χ0) is 11.5. The number of anilines is 1. The van der Waals surface area contributed by atoms with Gasteiger partial charge in [0.05, 0.1) is 0 Å². The second-order valence-corrected chi connectivity index (χ2v) is 2.91. The van der Waals surface area contributed by atoms with Crippen LogP contribution in [0.15, 0.2) is 24.3 Å². The van der Waals surface area contributed by atoms with Gasteiger partial charge in [0.25, 0.3) is 0 Å². The fourth-order valence-electron chi connectivity index (χ4n) is 0.985. The third-order valence-electron chi connectivity index (χ3n) is 1.64. The molecular weight excluding hydrogens is 209 g/mol. The third kappa shape index (κ3) is 3.88. The van der Waals surface area contributed by atoms with Gasteiger partial charge in [-0.25, -0.2) is 0 Å². The largest absolute Gasteiger partial charge is 0.405 e. The number of hydrogen-bond acceptors (Lipinski definition) is 2. The lowest BCUT2D eigenvalue weighted by atomic mass is 10.2. The fourth-order valence-corrected chi connectivity index (χ4v) is 0.985. The molecule has 1 rings (SSSR count). The lowest BCUT2D eigenvalue weighted by Gasteiger charge is -2.09. The highest BCUT2D eigenvalue weighted by Crippen LogP contribution is 2.17. The topological polar surface area (TPSA) is 55.1 Å². The molecular formula is C9H9F3N2O. The van der Waals surface area contributed by atoms with Crippen molar-refractivity contribution >= 4 is 11.6 Å². The number of alkyl halides is 3. The van der Waals surface area contributed by atoms with E-state index in [9.17, 15) is 18.0 Å². The summed E-state index contributed by atoms with van der Waals surface area (Å²) in [5, 5.41) is 2.15. The molecule has 0 saturated heterocycles. The number of nitrogens with two attached hydrogens (primary N) is 1. The van der Waals surface area contributed by atoms with Crippen molar-refractivity contribution in [2.24, 2.45) is 5.73 Å². The molecule has 0 radical (unpaired) electrons. The highest BCUT2D eigenvalue weighted by molar-refractivity contribution is 5.93. The molecule has 0 heterocycles. The van der Waals surface area contributed by atoms with E-state index in [4.69, 9.17) is 5.73 Å². The smallest absolute Gasteiger partial charge is 0.376 e. The van der Waals surface area contributed by atoms with E-state index in [0.717, 1.165) is 0 Å². The molecule has 0 aliphatic heterocycles. The Hall–Kier alpha value is -1.72. The number of carbonyl (C=O) groups excluding carboxylic acids is 1. The first kappa shape index (κ1) is 11.4. The van der Waals surface area contributed by atoms with Gasteiger partial charge in [-0.2, -0.15) is 13.2 Å².